The van der Waals surface area contributed by atoms with Gasteiger partial charge in [-0.1, -0.05) is 23.7 Å². The number of rotatable bonds is 4. The maximum absolute atomic E-state index is 12.6. The summed E-state index contributed by atoms with van der Waals surface area (Å²) in [6.45, 7) is 3.55. The third kappa shape index (κ3) is 4.25. The minimum absolute atomic E-state index is 0.0579. The van der Waals surface area contributed by atoms with Gasteiger partial charge in [-0.05, 0) is 61.7 Å². The van der Waals surface area contributed by atoms with E-state index < -0.39 is 5.97 Å². The second-order valence-corrected chi connectivity index (χ2v) is 7.67. The van der Waals surface area contributed by atoms with E-state index in [2.05, 4.69) is 4.98 Å². The van der Waals surface area contributed by atoms with Crippen LogP contribution in [-0.2, 0) is 11.3 Å². The lowest BCUT2D eigenvalue weighted by molar-refractivity contribution is 0.0471. The summed E-state index contributed by atoms with van der Waals surface area (Å²) in [6.07, 6.45) is 2.13. The fraction of sp³-hybridized carbons (Fsp3) is 0.261. The molecule has 1 aromatic heterocycles. The van der Waals surface area contributed by atoms with Crippen LogP contribution in [-0.4, -0.2) is 34.8 Å². The first-order chi connectivity index (χ1) is 14.0. The minimum Gasteiger partial charge on any atom is -0.457 e. The summed E-state index contributed by atoms with van der Waals surface area (Å²) in [5.74, 6) is -0.378. The van der Waals surface area contributed by atoms with E-state index in [1.807, 2.05) is 23.1 Å². The Bertz CT molecular complexity index is 1070. The monoisotopic (exact) mass is 408 g/mol. The highest BCUT2D eigenvalue weighted by Gasteiger charge is 2.19. The first-order valence-electron chi connectivity index (χ1n) is 9.63. The molecular formula is C23H21ClN2O3. The lowest BCUT2D eigenvalue weighted by Crippen LogP contribution is -2.27. The molecule has 4 rings (SSSR count). The highest BCUT2D eigenvalue weighted by molar-refractivity contribution is 6.31. The molecule has 0 saturated carbocycles. The van der Waals surface area contributed by atoms with Crippen LogP contribution in [0.1, 0.15) is 44.8 Å². The van der Waals surface area contributed by atoms with Crippen molar-refractivity contribution in [2.24, 2.45) is 0 Å². The van der Waals surface area contributed by atoms with Crippen molar-refractivity contribution in [1.82, 2.24) is 9.88 Å². The van der Waals surface area contributed by atoms with Gasteiger partial charge in [-0.3, -0.25) is 9.78 Å². The van der Waals surface area contributed by atoms with Gasteiger partial charge < -0.3 is 9.64 Å². The highest BCUT2D eigenvalue weighted by atomic mass is 35.5. The Hall–Kier alpha value is -2.92. The average molecular weight is 409 g/mol. The number of aryl methyl sites for hydroxylation is 1. The van der Waals surface area contributed by atoms with E-state index in [9.17, 15) is 9.59 Å². The predicted molar refractivity (Wildman–Crippen MR) is 112 cm³/mol. The van der Waals surface area contributed by atoms with Crippen molar-refractivity contribution in [2.75, 3.05) is 13.1 Å². The third-order valence-corrected chi connectivity index (χ3v) is 5.39. The number of pyridine rings is 1. The quantitative estimate of drug-likeness (QED) is 0.582. The Morgan fingerprint density at radius 1 is 1.07 bits per heavy atom. The first-order valence-corrected chi connectivity index (χ1v) is 10.0. The number of halogens is 1. The normalized spacial score (nSPS) is 13.7. The molecule has 0 atom stereocenters. The number of benzene rings is 2. The summed E-state index contributed by atoms with van der Waals surface area (Å²) in [5.41, 5.74) is 3.29. The Labute approximate surface area is 174 Å². The van der Waals surface area contributed by atoms with Crippen LogP contribution >= 0.6 is 11.6 Å². The molecule has 1 saturated heterocycles. The van der Waals surface area contributed by atoms with Crippen molar-refractivity contribution in [3.63, 3.8) is 0 Å². The number of likely N-dealkylation sites (tertiary alicyclic amines) is 1. The number of amides is 1. The van der Waals surface area contributed by atoms with Gasteiger partial charge in [0.2, 0.25) is 0 Å². The maximum atomic E-state index is 12.6. The van der Waals surface area contributed by atoms with Crippen molar-refractivity contribution in [2.45, 2.75) is 26.4 Å². The molecule has 5 nitrogen and oxygen atoms in total. The van der Waals surface area contributed by atoms with Gasteiger partial charge in [0.1, 0.15) is 6.61 Å². The summed E-state index contributed by atoms with van der Waals surface area (Å²) in [7, 11) is 0. The van der Waals surface area contributed by atoms with Gasteiger partial charge in [0.15, 0.2) is 0 Å². The zero-order chi connectivity index (χ0) is 20.4. The van der Waals surface area contributed by atoms with Crippen molar-refractivity contribution in [1.29, 1.82) is 0 Å². The lowest BCUT2D eigenvalue weighted by atomic mass is 10.1. The largest absolute Gasteiger partial charge is 0.457 e. The molecule has 1 amide bonds. The number of fused-ring (bicyclic) bond motifs is 1. The number of hydrogen-bond acceptors (Lipinski definition) is 4. The molecule has 0 spiro atoms. The van der Waals surface area contributed by atoms with Gasteiger partial charge >= 0.3 is 5.97 Å². The van der Waals surface area contributed by atoms with E-state index in [-0.39, 0.29) is 12.5 Å². The van der Waals surface area contributed by atoms with E-state index in [0.717, 1.165) is 42.4 Å². The molecule has 0 N–H and O–H groups in total. The molecular weight excluding hydrogens is 388 g/mol. The maximum Gasteiger partial charge on any atom is 0.340 e. The van der Waals surface area contributed by atoms with E-state index in [1.54, 1.807) is 37.3 Å². The molecule has 6 heteroatoms. The Morgan fingerprint density at radius 2 is 1.79 bits per heavy atom. The molecule has 0 bridgehead atoms. The molecule has 148 valence electrons. The van der Waals surface area contributed by atoms with Gasteiger partial charge in [0.05, 0.1) is 16.8 Å². The van der Waals surface area contributed by atoms with Crippen LogP contribution in [0, 0.1) is 6.92 Å². The molecule has 2 heterocycles. The van der Waals surface area contributed by atoms with E-state index in [0.29, 0.717) is 21.8 Å². The van der Waals surface area contributed by atoms with Crippen LogP contribution in [0.15, 0.2) is 48.5 Å². The van der Waals surface area contributed by atoms with Gasteiger partial charge in [0, 0.05) is 29.1 Å². The van der Waals surface area contributed by atoms with Crippen molar-refractivity contribution in [3.8, 4) is 0 Å². The molecule has 0 unspecified atom stereocenters. The molecule has 0 radical (unpaired) electrons. The van der Waals surface area contributed by atoms with Gasteiger partial charge in [-0.2, -0.15) is 0 Å². The predicted octanol–water partition coefficient (Wildman–Crippen LogP) is 4.79. The lowest BCUT2D eigenvalue weighted by Gasteiger charge is -2.15. The summed E-state index contributed by atoms with van der Waals surface area (Å²) in [4.78, 5) is 31.3. The number of nitrogens with zero attached hydrogens (tertiary/aromatic N) is 2. The molecule has 29 heavy (non-hydrogen) atoms. The summed E-state index contributed by atoms with van der Waals surface area (Å²) >= 11 is 6.04. The summed E-state index contributed by atoms with van der Waals surface area (Å²) in [6, 6.07) is 14.3. The second-order valence-electron chi connectivity index (χ2n) is 7.23. The Morgan fingerprint density at radius 3 is 2.52 bits per heavy atom. The summed E-state index contributed by atoms with van der Waals surface area (Å²) in [5, 5.41) is 1.38. The number of aromatic nitrogens is 1. The van der Waals surface area contributed by atoms with Crippen LogP contribution in [0.3, 0.4) is 0 Å². The van der Waals surface area contributed by atoms with Gasteiger partial charge in [0.25, 0.3) is 5.91 Å². The Kier molecular flexibility index (Phi) is 5.49. The van der Waals surface area contributed by atoms with E-state index >= 15 is 0 Å². The van der Waals surface area contributed by atoms with E-state index in [1.165, 1.54) is 0 Å². The SMILES string of the molecule is Cc1nc2ccc(Cl)cc2cc1C(=O)OCc1ccc(C(=O)N2CCCC2)cc1. The highest BCUT2D eigenvalue weighted by Crippen LogP contribution is 2.21. The zero-order valence-electron chi connectivity index (χ0n) is 16.2. The molecule has 3 aromatic rings. The summed E-state index contributed by atoms with van der Waals surface area (Å²) < 4.78 is 5.47. The number of carbonyl (C=O) groups is 2. The fourth-order valence-electron chi connectivity index (χ4n) is 3.52. The number of ether oxygens (including phenoxy) is 1. The van der Waals surface area contributed by atoms with Crippen LogP contribution in [0.2, 0.25) is 5.02 Å². The van der Waals surface area contributed by atoms with Crippen molar-refractivity contribution in [3.05, 3.63) is 75.9 Å². The van der Waals surface area contributed by atoms with E-state index in [4.69, 9.17) is 16.3 Å². The molecule has 1 fully saturated rings. The van der Waals surface area contributed by atoms with Crippen LogP contribution in [0.4, 0.5) is 0 Å². The van der Waals surface area contributed by atoms with Crippen LogP contribution < -0.4 is 0 Å². The first kappa shape index (κ1) is 19.4. The average Bonchev–Trinajstić information content (AvgIpc) is 3.26. The number of esters is 1. The van der Waals surface area contributed by atoms with Gasteiger partial charge in [-0.15, -0.1) is 0 Å². The Balaban J connectivity index is 1.43. The fourth-order valence-corrected chi connectivity index (χ4v) is 3.70. The minimum atomic E-state index is -0.436. The van der Waals surface area contributed by atoms with Crippen LogP contribution in [0.25, 0.3) is 10.9 Å². The molecule has 1 aliphatic rings. The third-order valence-electron chi connectivity index (χ3n) is 5.15. The van der Waals surface area contributed by atoms with Crippen LogP contribution in [0.5, 0.6) is 0 Å². The smallest absolute Gasteiger partial charge is 0.340 e. The number of hydrogen-bond donors (Lipinski definition) is 0. The molecule has 0 aliphatic carbocycles. The van der Waals surface area contributed by atoms with Gasteiger partial charge in [-0.25, -0.2) is 4.79 Å². The number of carbonyl (C=O) groups excluding carboxylic acids is 2. The van der Waals surface area contributed by atoms with Crippen molar-refractivity contribution >= 4 is 34.4 Å². The molecule has 1 aliphatic heterocycles. The second kappa shape index (κ2) is 8.21. The standard InChI is InChI=1S/C23H21ClN2O3/c1-15-20(13-18-12-19(24)8-9-21(18)25-15)23(28)29-14-16-4-6-17(7-5-16)22(27)26-10-2-3-11-26/h4-9,12-13H,2-3,10-11,14H2,1H3. The zero-order valence-corrected chi connectivity index (χ0v) is 16.9. The molecule has 2 aromatic carbocycles. The van der Waals surface area contributed by atoms with Crippen molar-refractivity contribution < 1.29 is 14.3 Å². The topological polar surface area (TPSA) is 59.5 Å².